The van der Waals surface area contributed by atoms with E-state index in [2.05, 4.69) is 10.6 Å². The van der Waals surface area contributed by atoms with E-state index >= 15 is 0 Å². The van der Waals surface area contributed by atoms with Crippen LogP contribution in [0.4, 0.5) is 10.5 Å². The number of rotatable bonds is 6. The summed E-state index contributed by atoms with van der Waals surface area (Å²) in [6.45, 7) is 0.424. The number of methoxy groups -OCH3 is 1. The first-order valence-electron chi connectivity index (χ1n) is 11.3. The highest BCUT2D eigenvalue weighted by Crippen LogP contribution is 2.34. The molecule has 1 aliphatic rings. The second-order valence-electron chi connectivity index (χ2n) is 8.54. The van der Waals surface area contributed by atoms with Crippen molar-refractivity contribution in [2.24, 2.45) is 13.0 Å². The Labute approximate surface area is 196 Å². The molecule has 3 aromatic rings. The number of hydrogen-bond donors (Lipinski definition) is 2. The van der Waals surface area contributed by atoms with E-state index in [0.717, 1.165) is 36.6 Å². The van der Waals surface area contributed by atoms with Crippen LogP contribution in [-0.2, 0) is 11.8 Å². The van der Waals surface area contributed by atoms with Crippen LogP contribution in [-0.4, -0.2) is 47.1 Å². The van der Waals surface area contributed by atoms with Gasteiger partial charge in [0.1, 0.15) is 11.4 Å². The Morgan fingerprint density at radius 3 is 2.68 bits per heavy atom. The number of carbonyl (C=O) groups excluding carboxylic acids is 2. The fourth-order valence-electron chi connectivity index (χ4n) is 4.33. The van der Waals surface area contributed by atoms with Gasteiger partial charge in [0.05, 0.1) is 30.8 Å². The topological polar surface area (TPSA) is 116 Å². The van der Waals surface area contributed by atoms with Crippen molar-refractivity contribution >= 4 is 28.6 Å². The summed E-state index contributed by atoms with van der Waals surface area (Å²) in [6, 6.07) is 6.98. The summed E-state index contributed by atoms with van der Waals surface area (Å²) in [4.78, 5) is 36.5. The Hall–Kier alpha value is -3.82. The van der Waals surface area contributed by atoms with E-state index in [1.807, 2.05) is 10.9 Å². The second-order valence-corrected chi connectivity index (χ2v) is 8.54. The number of benzene rings is 1. The van der Waals surface area contributed by atoms with Gasteiger partial charge in [-0.15, -0.1) is 0 Å². The number of alkyl carbamates (subject to hydrolysis) is 1. The number of aryl methyl sites for hydroxylation is 1. The molecule has 0 aliphatic heterocycles. The van der Waals surface area contributed by atoms with Crippen LogP contribution in [0.25, 0.3) is 10.9 Å². The van der Waals surface area contributed by atoms with Gasteiger partial charge in [-0.05, 0) is 49.8 Å². The standard InChI is InChI=1S/C24H29N5O5/c1-25-24(32)34-14-15-6-8-17(9-7-15)29-13-16-11-18(21(33-3)12-20(16)27-29)22(30)26-19-5-4-10-28(2)23(19)31/h4-5,10-13,15,17H,6-9,14H2,1-3H3,(H,25,32)(H,26,30). The van der Waals surface area contributed by atoms with Gasteiger partial charge in [-0.2, -0.15) is 5.10 Å². The maximum absolute atomic E-state index is 13.0. The fourth-order valence-corrected chi connectivity index (χ4v) is 4.33. The maximum Gasteiger partial charge on any atom is 0.406 e. The number of ether oxygens (including phenoxy) is 2. The third kappa shape index (κ3) is 4.90. The van der Waals surface area contributed by atoms with E-state index in [0.29, 0.717) is 23.8 Å². The Balaban J connectivity index is 1.50. The van der Waals surface area contributed by atoms with Gasteiger partial charge in [-0.3, -0.25) is 14.3 Å². The number of fused-ring (bicyclic) bond motifs is 1. The predicted octanol–water partition coefficient (Wildman–Crippen LogP) is 3.08. The quantitative estimate of drug-likeness (QED) is 0.576. The number of hydrogen-bond acceptors (Lipinski definition) is 6. The number of aromatic nitrogens is 3. The number of pyridine rings is 1. The molecule has 1 fully saturated rings. The van der Waals surface area contributed by atoms with E-state index in [9.17, 15) is 14.4 Å². The van der Waals surface area contributed by atoms with Crippen molar-refractivity contribution in [1.82, 2.24) is 19.7 Å². The number of carbonyl (C=O) groups is 2. The molecule has 1 saturated carbocycles. The lowest BCUT2D eigenvalue weighted by Gasteiger charge is -2.28. The van der Waals surface area contributed by atoms with Crippen LogP contribution in [0.15, 0.2) is 41.5 Å². The minimum atomic E-state index is -0.425. The summed E-state index contributed by atoms with van der Waals surface area (Å²) in [6.07, 6.45) is 6.92. The summed E-state index contributed by atoms with van der Waals surface area (Å²) in [5.74, 6) is 0.309. The van der Waals surface area contributed by atoms with E-state index in [4.69, 9.17) is 14.6 Å². The molecule has 180 valence electrons. The lowest BCUT2D eigenvalue weighted by atomic mass is 9.86. The minimum absolute atomic E-state index is 0.199. The van der Waals surface area contributed by atoms with Crippen LogP contribution in [0.3, 0.4) is 0 Å². The maximum atomic E-state index is 13.0. The average molecular weight is 468 g/mol. The molecule has 0 spiro atoms. The molecule has 2 aromatic heterocycles. The molecule has 2 N–H and O–H groups in total. The van der Waals surface area contributed by atoms with Gasteiger partial charge in [-0.25, -0.2) is 4.79 Å². The van der Waals surface area contributed by atoms with E-state index in [-0.39, 0.29) is 17.3 Å². The largest absolute Gasteiger partial charge is 0.496 e. The highest BCUT2D eigenvalue weighted by atomic mass is 16.5. The zero-order valence-corrected chi connectivity index (χ0v) is 19.5. The van der Waals surface area contributed by atoms with Crippen molar-refractivity contribution in [3.63, 3.8) is 0 Å². The van der Waals surface area contributed by atoms with Crippen LogP contribution >= 0.6 is 0 Å². The molecule has 10 nitrogen and oxygen atoms in total. The summed E-state index contributed by atoms with van der Waals surface area (Å²) in [5, 5.41) is 10.7. The molecule has 4 rings (SSSR count). The van der Waals surface area contributed by atoms with Gasteiger partial charge in [0, 0.05) is 37.9 Å². The second kappa shape index (κ2) is 9.98. The van der Waals surface area contributed by atoms with Crippen LogP contribution in [0.2, 0.25) is 0 Å². The van der Waals surface area contributed by atoms with Gasteiger partial charge < -0.3 is 24.7 Å². The molecule has 34 heavy (non-hydrogen) atoms. The van der Waals surface area contributed by atoms with E-state index in [1.165, 1.54) is 11.7 Å². The zero-order valence-electron chi connectivity index (χ0n) is 19.5. The number of anilines is 1. The summed E-state index contributed by atoms with van der Waals surface area (Å²) < 4.78 is 14.0. The highest BCUT2D eigenvalue weighted by molar-refractivity contribution is 6.08. The van der Waals surface area contributed by atoms with Gasteiger partial charge in [-0.1, -0.05) is 0 Å². The predicted molar refractivity (Wildman–Crippen MR) is 127 cm³/mol. The van der Waals surface area contributed by atoms with Gasteiger partial charge in [0.2, 0.25) is 0 Å². The fraction of sp³-hybridized carbons (Fsp3) is 0.417. The zero-order chi connectivity index (χ0) is 24.2. The molecule has 10 heteroatoms. The first kappa shape index (κ1) is 23.3. The number of amides is 2. The van der Waals surface area contributed by atoms with Crippen LogP contribution in [0, 0.1) is 5.92 Å². The van der Waals surface area contributed by atoms with Crippen molar-refractivity contribution in [2.75, 3.05) is 26.1 Å². The van der Waals surface area contributed by atoms with Crippen LogP contribution in [0.5, 0.6) is 5.75 Å². The number of nitrogens with zero attached hydrogens (tertiary/aromatic N) is 3. The normalized spacial score (nSPS) is 17.9. The molecule has 0 unspecified atom stereocenters. The van der Waals surface area contributed by atoms with Crippen molar-refractivity contribution in [1.29, 1.82) is 0 Å². The molecule has 0 bridgehead atoms. The SMILES string of the molecule is CNC(=O)OCC1CCC(n2cc3cc(C(=O)Nc4cccn(C)c4=O)c(OC)cc3n2)CC1. The lowest BCUT2D eigenvalue weighted by molar-refractivity contribution is 0.102. The monoisotopic (exact) mass is 467 g/mol. The smallest absolute Gasteiger partial charge is 0.406 e. The number of nitrogens with one attached hydrogen (secondary N) is 2. The molecule has 2 amide bonds. The molecule has 1 aromatic carbocycles. The van der Waals surface area contributed by atoms with Gasteiger partial charge in [0.25, 0.3) is 11.5 Å². The highest BCUT2D eigenvalue weighted by Gasteiger charge is 2.25. The first-order valence-corrected chi connectivity index (χ1v) is 11.3. The molecule has 0 radical (unpaired) electrons. The van der Waals surface area contributed by atoms with Crippen LogP contribution in [0.1, 0.15) is 42.1 Å². The Bertz CT molecular complexity index is 1260. The van der Waals surface area contributed by atoms with E-state index < -0.39 is 12.0 Å². The van der Waals surface area contributed by atoms with Crippen molar-refractivity contribution in [2.45, 2.75) is 31.7 Å². The summed E-state index contributed by atoms with van der Waals surface area (Å²) >= 11 is 0. The third-order valence-electron chi connectivity index (χ3n) is 6.30. The molecule has 2 heterocycles. The van der Waals surface area contributed by atoms with Gasteiger partial charge in [0.15, 0.2) is 0 Å². The Morgan fingerprint density at radius 1 is 1.21 bits per heavy atom. The third-order valence-corrected chi connectivity index (χ3v) is 6.30. The molecule has 0 atom stereocenters. The molecular weight excluding hydrogens is 438 g/mol. The molecule has 0 saturated heterocycles. The Morgan fingerprint density at radius 2 is 1.97 bits per heavy atom. The minimum Gasteiger partial charge on any atom is -0.496 e. The lowest BCUT2D eigenvalue weighted by Crippen LogP contribution is -2.26. The molecule has 1 aliphatic carbocycles. The average Bonchev–Trinajstić information content (AvgIpc) is 3.27. The van der Waals surface area contributed by atoms with E-state index in [1.54, 1.807) is 44.6 Å². The summed E-state index contributed by atoms with van der Waals surface area (Å²) in [7, 11) is 4.68. The van der Waals surface area contributed by atoms with Crippen molar-refractivity contribution in [3.8, 4) is 5.75 Å². The van der Waals surface area contributed by atoms with Crippen molar-refractivity contribution < 1.29 is 19.1 Å². The van der Waals surface area contributed by atoms with Gasteiger partial charge >= 0.3 is 6.09 Å². The van der Waals surface area contributed by atoms with Crippen molar-refractivity contribution in [3.05, 3.63) is 52.6 Å². The summed E-state index contributed by atoms with van der Waals surface area (Å²) in [5.41, 5.74) is 0.967. The van der Waals surface area contributed by atoms with Crippen LogP contribution < -0.4 is 20.9 Å². The first-order chi connectivity index (χ1) is 16.4. The Kier molecular flexibility index (Phi) is 6.85. The molecular formula is C24H29N5O5.